The van der Waals surface area contributed by atoms with Crippen molar-refractivity contribution in [1.29, 1.82) is 0 Å². The summed E-state index contributed by atoms with van der Waals surface area (Å²) in [6, 6.07) is 8.11. The third kappa shape index (κ3) is 4.72. The van der Waals surface area contributed by atoms with Crippen molar-refractivity contribution in [2.75, 3.05) is 55.7 Å². The first kappa shape index (κ1) is 23.1. The maximum absolute atomic E-state index is 15.0. The second-order valence-electron chi connectivity index (χ2n) is 9.73. The minimum atomic E-state index is -0.635. The number of aromatic nitrogens is 2. The van der Waals surface area contributed by atoms with E-state index in [1.807, 2.05) is 11.0 Å². The van der Waals surface area contributed by atoms with Gasteiger partial charge in [-0.25, -0.2) is 23.1 Å². The van der Waals surface area contributed by atoms with Crippen LogP contribution in [0.15, 0.2) is 36.5 Å². The van der Waals surface area contributed by atoms with Gasteiger partial charge in [0, 0.05) is 44.7 Å². The van der Waals surface area contributed by atoms with Gasteiger partial charge in [-0.1, -0.05) is 6.07 Å². The van der Waals surface area contributed by atoms with Crippen molar-refractivity contribution < 1.29 is 17.9 Å². The largest absolute Gasteiger partial charge is 0.486 e. The molecule has 6 nitrogen and oxygen atoms in total. The molecule has 9 heteroatoms. The number of hydrogen-bond acceptors (Lipinski definition) is 6. The second kappa shape index (κ2) is 9.61. The molecule has 1 saturated heterocycles. The van der Waals surface area contributed by atoms with Crippen molar-refractivity contribution in [1.82, 2.24) is 15.3 Å². The Bertz CT molecular complexity index is 1280. The smallest absolute Gasteiger partial charge is 0.178 e. The van der Waals surface area contributed by atoms with Gasteiger partial charge in [0.2, 0.25) is 0 Å². The molecule has 6 rings (SSSR count). The van der Waals surface area contributed by atoms with Crippen molar-refractivity contribution in [3.8, 4) is 17.0 Å². The Balaban J connectivity index is 1.27. The lowest BCUT2D eigenvalue weighted by atomic mass is 10.1. The molecular formula is C27H28F3N5O. The summed E-state index contributed by atoms with van der Waals surface area (Å²) in [6.45, 7) is 5.07. The normalized spacial score (nSPS) is 17.6. The van der Waals surface area contributed by atoms with Gasteiger partial charge in [-0.15, -0.1) is 0 Å². The number of benzene rings is 2. The summed E-state index contributed by atoms with van der Waals surface area (Å²) in [7, 11) is 0. The van der Waals surface area contributed by atoms with Crippen LogP contribution < -0.4 is 19.9 Å². The Labute approximate surface area is 208 Å². The summed E-state index contributed by atoms with van der Waals surface area (Å²) in [4.78, 5) is 12.7. The van der Waals surface area contributed by atoms with Gasteiger partial charge in [0.15, 0.2) is 17.4 Å². The van der Waals surface area contributed by atoms with E-state index in [1.54, 1.807) is 12.1 Å². The van der Waals surface area contributed by atoms with Crippen molar-refractivity contribution in [2.45, 2.75) is 19.3 Å². The van der Waals surface area contributed by atoms with Crippen molar-refractivity contribution in [3.63, 3.8) is 0 Å². The Morgan fingerprint density at radius 2 is 1.78 bits per heavy atom. The Morgan fingerprint density at radius 1 is 0.944 bits per heavy atom. The highest BCUT2D eigenvalue weighted by Gasteiger charge is 2.29. The van der Waals surface area contributed by atoms with E-state index in [-0.39, 0.29) is 23.7 Å². The summed E-state index contributed by atoms with van der Waals surface area (Å²) in [5, 5.41) is 3.26. The van der Waals surface area contributed by atoms with Crippen LogP contribution in [-0.2, 0) is 6.42 Å². The molecule has 3 aliphatic rings. The molecule has 0 amide bonds. The van der Waals surface area contributed by atoms with E-state index in [9.17, 15) is 13.2 Å². The maximum atomic E-state index is 15.0. The molecule has 1 aromatic heterocycles. The lowest BCUT2D eigenvalue weighted by molar-refractivity contribution is 0.291. The fraction of sp³-hybridized carbons (Fsp3) is 0.407. The zero-order valence-corrected chi connectivity index (χ0v) is 19.9. The molecule has 188 valence electrons. The van der Waals surface area contributed by atoms with E-state index in [0.717, 1.165) is 38.9 Å². The molecule has 3 aromatic rings. The maximum Gasteiger partial charge on any atom is 0.178 e. The molecule has 1 aliphatic carbocycles. The Kier molecular flexibility index (Phi) is 6.17. The van der Waals surface area contributed by atoms with Crippen molar-refractivity contribution in [2.24, 2.45) is 5.92 Å². The number of hydrogen-bond donors (Lipinski definition) is 1. The average Bonchev–Trinajstić information content (AvgIpc) is 3.70. The molecule has 3 heterocycles. The van der Waals surface area contributed by atoms with Gasteiger partial charge < -0.3 is 19.9 Å². The van der Waals surface area contributed by atoms with E-state index < -0.39 is 11.6 Å². The number of piperazine rings is 1. The van der Waals surface area contributed by atoms with Crippen molar-refractivity contribution in [3.05, 3.63) is 65.4 Å². The molecule has 0 atom stereocenters. The van der Waals surface area contributed by atoms with E-state index in [1.165, 1.54) is 25.0 Å². The van der Waals surface area contributed by atoms with Crippen LogP contribution in [0.5, 0.6) is 5.75 Å². The number of ether oxygens (including phenoxy) is 1. The zero-order valence-electron chi connectivity index (χ0n) is 19.9. The van der Waals surface area contributed by atoms with Crippen LogP contribution in [0, 0.1) is 23.4 Å². The van der Waals surface area contributed by atoms with Gasteiger partial charge >= 0.3 is 0 Å². The monoisotopic (exact) mass is 495 g/mol. The second-order valence-corrected chi connectivity index (χ2v) is 9.73. The summed E-state index contributed by atoms with van der Waals surface area (Å²) in [5.74, 6) is -0.310. The molecule has 1 N–H and O–H groups in total. The molecule has 1 saturated carbocycles. The SMILES string of the molecule is Fc1cc(Cc2ncc(F)c(-c3cc(F)c4c(c3)N(CC3CC3)CCO4)n2)ccc1N1CCNCC1. The molecular weight excluding hydrogens is 467 g/mol. The first-order valence-electron chi connectivity index (χ1n) is 12.5. The Morgan fingerprint density at radius 3 is 2.56 bits per heavy atom. The number of fused-ring (bicyclic) bond motifs is 1. The topological polar surface area (TPSA) is 53.5 Å². The van der Waals surface area contributed by atoms with Crippen LogP contribution in [0.1, 0.15) is 24.2 Å². The van der Waals surface area contributed by atoms with E-state index in [0.29, 0.717) is 47.4 Å². The standard InChI is InChI=1S/C27H28F3N5O/c28-20-11-18(3-4-23(20)34-7-5-31-6-8-34)12-25-32-15-22(30)26(33-25)19-13-21(29)27-24(14-19)35(9-10-36-27)16-17-1-2-17/h3-4,11,13-15,17,31H,1-2,5-10,12,16H2. The quantitative estimate of drug-likeness (QED) is 0.554. The van der Waals surface area contributed by atoms with Crippen LogP contribution in [0.4, 0.5) is 24.5 Å². The van der Waals surface area contributed by atoms with Crippen LogP contribution in [0.3, 0.4) is 0 Å². The Hall–Kier alpha value is -3.33. The molecule has 2 aromatic carbocycles. The minimum absolute atomic E-state index is 0.0246. The first-order chi connectivity index (χ1) is 17.5. The minimum Gasteiger partial charge on any atom is -0.486 e. The number of anilines is 2. The molecule has 2 aliphatic heterocycles. The number of halogens is 3. The predicted octanol–water partition coefficient (Wildman–Crippen LogP) is 4.17. The predicted molar refractivity (Wildman–Crippen MR) is 132 cm³/mol. The molecule has 0 spiro atoms. The number of nitrogens with zero attached hydrogens (tertiary/aromatic N) is 4. The third-order valence-electron chi connectivity index (χ3n) is 7.05. The molecule has 2 fully saturated rings. The third-order valence-corrected chi connectivity index (χ3v) is 7.05. The van der Waals surface area contributed by atoms with E-state index >= 15 is 0 Å². The van der Waals surface area contributed by atoms with Gasteiger partial charge in [-0.05, 0) is 48.6 Å². The van der Waals surface area contributed by atoms with Gasteiger partial charge in [-0.3, -0.25) is 0 Å². The number of nitrogens with one attached hydrogen (secondary N) is 1. The lowest BCUT2D eigenvalue weighted by Crippen LogP contribution is -2.43. The van der Waals surface area contributed by atoms with Crippen LogP contribution >= 0.6 is 0 Å². The summed E-state index contributed by atoms with van der Waals surface area (Å²) >= 11 is 0. The average molecular weight is 496 g/mol. The highest BCUT2D eigenvalue weighted by Crippen LogP contribution is 2.41. The van der Waals surface area contributed by atoms with Gasteiger partial charge in [0.1, 0.15) is 23.9 Å². The van der Waals surface area contributed by atoms with Crippen LogP contribution in [-0.4, -0.2) is 55.8 Å². The fourth-order valence-corrected chi connectivity index (χ4v) is 4.97. The molecule has 0 bridgehead atoms. The van der Waals surface area contributed by atoms with Crippen LogP contribution in [0.25, 0.3) is 11.3 Å². The summed E-state index contributed by atoms with van der Waals surface area (Å²) in [5.41, 5.74) is 2.25. The van der Waals surface area contributed by atoms with E-state index in [2.05, 4.69) is 20.2 Å². The summed E-state index contributed by atoms with van der Waals surface area (Å²) in [6.07, 6.45) is 3.68. The summed E-state index contributed by atoms with van der Waals surface area (Å²) < 4.78 is 50.3. The highest BCUT2D eigenvalue weighted by molar-refractivity contribution is 5.72. The van der Waals surface area contributed by atoms with Crippen molar-refractivity contribution >= 4 is 11.4 Å². The first-order valence-corrected chi connectivity index (χ1v) is 12.5. The van der Waals surface area contributed by atoms with Crippen LogP contribution in [0.2, 0.25) is 0 Å². The van der Waals surface area contributed by atoms with E-state index in [4.69, 9.17) is 4.74 Å². The van der Waals surface area contributed by atoms with Gasteiger partial charge in [0.05, 0.1) is 24.1 Å². The van der Waals surface area contributed by atoms with Gasteiger partial charge in [0.25, 0.3) is 0 Å². The highest BCUT2D eigenvalue weighted by atomic mass is 19.1. The molecule has 36 heavy (non-hydrogen) atoms. The number of rotatable bonds is 6. The zero-order chi connectivity index (χ0) is 24.6. The van der Waals surface area contributed by atoms with Gasteiger partial charge in [-0.2, -0.15) is 0 Å². The molecule has 0 radical (unpaired) electrons. The molecule has 0 unspecified atom stereocenters. The lowest BCUT2D eigenvalue weighted by Gasteiger charge is -2.32. The fourth-order valence-electron chi connectivity index (χ4n) is 4.97.